The molecule has 0 radical (unpaired) electrons. The molecule has 0 aliphatic rings. The molecule has 0 aliphatic carbocycles. The normalized spacial score (nSPS) is 11.8. The minimum Gasteiger partial charge on any atom is -0.352 e. The zero-order valence-electron chi connectivity index (χ0n) is 12.7. The van der Waals surface area contributed by atoms with Crippen molar-refractivity contribution in [1.82, 2.24) is 14.9 Å². The van der Waals surface area contributed by atoms with Gasteiger partial charge in [0.05, 0.1) is 16.8 Å². The first-order valence-corrected chi connectivity index (χ1v) is 8.67. The summed E-state index contributed by atoms with van der Waals surface area (Å²) in [5.74, 6) is 0.555. The maximum atomic E-state index is 11.7. The van der Waals surface area contributed by atoms with Gasteiger partial charge in [-0.15, -0.1) is 0 Å². The van der Waals surface area contributed by atoms with Crippen LogP contribution in [0.25, 0.3) is 11.0 Å². The van der Waals surface area contributed by atoms with E-state index in [9.17, 15) is 13.2 Å². The maximum Gasteiger partial charge on any atom is 0.220 e. The Morgan fingerprint density at radius 1 is 1.41 bits per heavy atom. The Bertz CT molecular complexity index is 796. The van der Waals surface area contributed by atoms with Gasteiger partial charge < -0.3 is 9.88 Å². The molecule has 120 valence electrons. The number of aryl methyl sites for hydroxylation is 2. The zero-order chi connectivity index (χ0) is 16.3. The molecule has 1 aromatic carbocycles. The Labute approximate surface area is 129 Å². The standard InChI is InChI=1S/C14H20N4O3S/c1-10-17-12-8-11(5-6-13(12)18(10)2)9-16-14(19)4-3-7-22(15,20)21/h5-6,8H,3-4,7,9H2,1-2H3,(H,16,19)(H2,15,20,21). The van der Waals surface area contributed by atoms with E-state index < -0.39 is 10.0 Å². The summed E-state index contributed by atoms with van der Waals surface area (Å²) in [6.45, 7) is 2.33. The highest BCUT2D eigenvalue weighted by Crippen LogP contribution is 2.16. The smallest absolute Gasteiger partial charge is 0.220 e. The number of aromatic nitrogens is 2. The molecule has 22 heavy (non-hydrogen) atoms. The topological polar surface area (TPSA) is 107 Å². The van der Waals surface area contributed by atoms with E-state index in [-0.39, 0.29) is 24.5 Å². The minimum atomic E-state index is -3.50. The fourth-order valence-corrected chi connectivity index (χ4v) is 2.75. The van der Waals surface area contributed by atoms with Gasteiger partial charge in [0.25, 0.3) is 0 Å². The summed E-state index contributed by atoms with van der Waals surface area (Å²) in [5, 5.41) is 7.65. The second-order valence-electron chi connectivity index (χ2n) is 5.29. The lowest BCUT2D eigenvalue weighted by molar-refractivity contribution is -0.121. The summed E-state index contributed by atoms with van der Waals surface area (Å²) in [4.78, 5) is 16.1. The number of rotatable bonds is 6. The number of sulfonamides is 1. The van der Waals surface area contributed by atoms with E-state index in [2.05, 4.69) is 10.3 Å². The van der Waals surface area contributed by atoms with Crippen molar-refractivity contribution in [3.05, 3.63) is 29.6 Å². The van der Waals surface area contributed by atoms with Gasteiger partial charge in [0.15, 0.2) is 0 Å². The Morgan fingerprint density at radius 2 is 2.14 bits per heavy atom. The summed E-state index contributed by atoms with van der Waals surface area (Å²) in [7, 11) is -1.55. The summed E-state index contributed by atoms with van der Waals surface area (Å²) in [6.07, 6.45) is 0.366. The first-order chi connectivity index (χ1) is 10.3. The van der Waals surface area contributed by atoms with E-state index in [0.29, 0.717) is 6.54 Å². The maximum absolute atomic E-state index is 11.7. The summed E-state index contributed by atoms with van der Waals surface area (Å²) < 4.78 is 23.6. The molecule has 1 amide bonds. The lowest BCUT2D eigenvalue weighted by Gasteiger charge is -2.05. The number of nitrogens with one attached hydrogen (secondary N) is 1. The van der Waals surface area contributed by atoms with Gasteiger partial charge in [0, 0.05) is 20.0 Å². The number of primary sulfonamides is 1. The molecule has 0 spiro atoms. The number of carbonyl (C=O) groups excluding carboxylic acids is 1. The van der Waals surface area contributed by atoms with Gasteiger partial charge in [-0.1, -0.05) is 6.07 Å². The first-order valence-electron chi connectivity index (χ1n) is 6.95. The number of hydrogen-bond donors (Lipinski definition) is 2. The molecular formula is C14H20N4O3S. The van der Waals surface area contributed by atoms with E-state index in [1.54, 1.807) is 0 Å². The molecule has 1 heterocycles. The number of nitrogens with two attached hydrogens (primary N) is 1. The number of imidazole rings is 1. The first kappa shape index (κ1) is 16.4. The van der Waals surface area contributed by atoms with Gasteiger partial charge in [-0.05, 0) is 31.0 Å². The molecule has 7 nitrogen and oxygen atoms in total. The molecule has 2 aromatic rings. The van der Waals surface area contributed by atoms with Crippen LogP contribution in [0.5, 0.6) is 0 Å². The highest BCUT2D eigenvalue weighted by atomic mass is 32.2. The molecular weight excluding hydrogens is 304 g/mol. The third kappa shape index (κ3) is 4.28. The molecule has 0 saturated heterocycles. The summed E-state index contributed by atoms with van der Waals surface area (Å²) >= 11 is 0. The number of nitrogens with zero attached hydrogens (tertiary/aromatic N) is 2. The van der Waals surface area contributed by atoms with Crippen LogP contribution in [0.3, 0.4) is 0 Å². The zero-order valence-corrected chi connectivity index (χ0v) is 13.5. The Morgan fingerprint density at radius 3 is 2.82 bits per heavy atom. The average Bonchev–Trinajstić information content (AvgIpc) is 2.70. The Kier molecular flexibility index (Phi) is 4.82. The molecule has 0 saturated carbocycles. The predicted octanol–water partition coefficient (Wildman–Crippen LogP) is 0.567. The molecule has 3 N–H and O–H groups in total. The van der Waals surface area contributed by atoms with Crippen LogP contribution in [0.1, 0.15) is 24.2 Å². The summed E-state index contributed by atoms with van der Waals surface area (Å²) in [6, 6.07) is 5.85. The average molecular weight is 324 g/mol. The summed E-state index contributed by atoms with van der Waals surface area (Å²) in [5.41, 5.74) is 2.88. The van der Waals surface area contributed by atoms with Crippen LogP contribution in [0, 0.1) is 6.92 Å². The van der Waals surface area contributed by atoms with Crippen LogP contribution in [-0.4, -0.2) is 29.6 Å². The molecule has 0 bridgehead atoms. The van der Waals surface area contributed by atoms with E-state index in [4.69, 9.17) is 5.14 Å². The van der Waals surface area contributed by atoms with E-state index >= 15 is 0 Å². The molecule has 0 unspecified atom stereocenters. The van der Waals surface area contributed by atoms with Crippen LogP contribution in [0.4, 0.5) is 0 Å². The second kappa shape index (κ2) is 6.45. The van der Waals surface area contributed by atoms with Gasteiger partial charge in [-0.25, -0.2) is 18.5 Å². The minimum absolute atomic E-state index is 0.140. The highest BCUT2D eigenvalue weighted by Gasteiger charge is 2.08. The number of carbonyl (C=O) groups is 1. The highest BCUT2D eigenvalue weighted by molar-refractivity contribution is 7.89. The van der Waals surface area contributed by atoms with Crippen LogP contribution in [0.15, 0.2) is 18.2 Å². The number of hydrogen-bond acceptors (Lipinski definition) is 4. The van der Waals surface area contributed by atoms with Crippen molar-refractivity contribution in [1.29, 1.82) is 0 Å². The van der Waals surface area contributed by atoms with Gasteiger partial charge in [0.1, 0.15) is 5.82 Å². The lowest BCUT2D eigenvalue weighted by atomic mass is 10.2. The van der Waals surface area contributed by atoms with Crippen molar-refractivity contribution in [3.8, 4) is 0 Å². The molecule has 1 aromatic heterocycles. The van der Waals surface area contributed by atoms with Crippen LogP contribution in [0.2, 0.25) is 0 Å². The van der Waals surface area contributed by atoms with E-state index in [1.807, 2.05) is 36.7 Å². The quantitative estimate of drug-likeness (QED) is 0.810. The van der Waals surface area contributed by atoms with E-state index in [1.165, 1.54) is 0 Å². The van der Waals surface area contributed by atoms with Crippen molar-refractivity contribution in [2.45, 2.75) is 26.3 Å². The number of fused-ring (bicyclic) bond motifs is 1. The van der Waals surface area contributed by atoms with Gasteiger partial charge in [0.2, 0.25) is 15.9 Å². The Hall–Kier alpha value is -1.93. The van der Waals surface area contributed by atoms with Crippen molar-refractivity contribution >= 4 is 27.0 Å². The van der Waals surface area contributed by atoms with Crippen molar-refractivity contribution in [3.63, 3.8) is 0 Å². The van der Waals surface area contributed by atoms with Crippen molar-refractivity contribution in [2.75, 3.05) is 5.75 Å². The molecule has 0 aliphatic heterocycles. The van der Waals surface area contributed by atoms with Crippen molar-refractivity contribution < 1.29 is 13.2 Å². The molecule has 0 fully saturated rings. The SMILES string of the molecule is Cc1nc2cc(CNC(=O)CCCS(N)(=O)=O)ccc2n1C. The largest absolute Gasteiger partial charge is 0.352 e. The van der Waals surface area contributed by atoms with Gasteiger partial charge in [-0.2, -0.15) is 0 Å². The van der Waals surface area contributed by atoms with E-state index in [0.717, 1.165) is 22.4 Å². The monoisotopic (exact) mass is 324 g/mol. The Balaban J connectivity index is 1.90. The lowest BCUT2D eigenvalue weighted by Crippen LogP contribution is -2.24. The molecule has 2 rings (SSSR count). The van der Waals surface area contributed by atoms with Crippen LogP contribution < -0.4 is 10.5 Å². The third-order valence-corrected chi connectivity index (χ3v) is 4.35. The predicted molar refractivity (Wildman–Crippen MR) is 84.5 cm³/mol. The second-order valence-corrected chi connectivity index (χ2v) is 7.02. The number of benzene rings is 1. The fraction of sp³-hybridized carbons (Fsp3) is 0.429. The third-order valence-electron chi connectivity index (χ3n) is 3.49. The molecule has 0 atom stereocenters. The van der Waals surface area contributed by atoms with Gasteiger partial charge in [-0.3, -0.25) is 4.79 Å². The number of amides is 1. The van der Waals surface area contributed by atoms with Crippen LogP contribution >= 0.6 is 0 Å². The van der Waals surface area contributed by atoms with Crippen LogP contribution in [-0.2, 0) is 28.4 Å². The molecule has 8 heteroatoms. The van der Waals surface area contributed by atoms with Crippen molar-refractivity contribution in [2.24, 2.45) is 12.2 Å². The van der Waals surface area contributed by atoms with Gasteiger partial charge >= 0.3 is 0 Å². The fourth-order valence-electron chi connectivity index (χ4n) is 2.20.